The Balaban J connectivity index is 2.21. The molecule has 0 spiro atoms. The average molecular weight is 373 g/mol. The Morgan fingerprint density at radius 3 is 2.61 bits per heavy atom. The number of carbonyl (C=O) groups excluding carboxylic acids is 1. The van der Waals surface area contributed by atoms with Gasteiger partial charge in [0.15, 0.2) is 0 Å². The first-order valence-corrected chi connectivity index (χ1v) is 8.29. The van der Waals surface area contributed by atoms with Crippen LogP contribution in [0.2, 0.25) is 0 Å². The van der Waals surface area contributed by atoms with Crippen LogP contribution in [-0.2, 0) is 11.2 Å². The summed E-state index contributed by atoms with van der Waals surface area (Å²) in [7, 11) is 0. The minimum absolute atomic E-state index is 0.280. The zero-order valence-electron chi connectivity index (χ0n) is 12.2. The van der Waals surface area contributed by atoms with Gasteiger partial charge in [-0.3, -0.25) is 4.79 Å². The fourth-order valence-corrected chi connectivity index (χ4v) is 3.00. The van der Waals surface area contributed by atoms with Gasteiger partial charge in [0.1, 0.15) is 11.6 Å². The van der Waals surface area contributed by atoms with E-state index in [1.807, 2.05) is 12.1 Å². The summed E-state index contributed by atoms with van der Waals surface area (Å²) in [6.07, 6.45) is 1.50. The summed E-state index contributed by atoms with van der Waals surface area (Å²) in [5, 5.41) is 4.43. The molecule has 0 fully saturated rings. The van der Waals surface area contributed by atoms with Crippen molar-refractivity contribution in [3.63, 3.8) is 0 Å². The van der Waals surface area contributed by atoms with Gasteiger partial charge in [-0.05, 0) is 47.4 Å². The van der Waals surface area contributed by atoms with Crippen molar-refractivity contribution in [1.29, 1.82) is 0 Å². The van der Waals surface area contributed by atoms with Crippen molar-refractivity contribution in [2.45, 2.75) is 6.42 Å². The number of rotatable bonds is 5. The van der Waals surface area contributed by atoms with E-state index in [9.17, 15) is 9.18 Å². The molecule has 0 unspecified atom stereocenters. The lowest BCUT2D eigenvalue weighted by atomic mass is 9.99. The van der Waals surface area contributed by atoms with Crippen molar-refractivity contribution >= 4 is 39.1 Å². The van der Waals surface area contributed by atoms with Gasteiger partial charge >= 0.3 is 0 Å². The highest BCUT2D eigenvalue weighted by Crippen LogP contribution is 2.31. The van der Waals surface area contributed by atoms with E-state index in [-0.39, 0.29) is 5.82 Å². The Hall–Kier alpha value is -2.27. The highest BCUT2D eigenvalue weighted by Gasteiger charge is 2.09. The van der Waals surface area contributed by atoms with Crippen LogP contribution >= 0.6 is 15.9 Å². The molecule has 1 aromatic heterocycles. The molecule has 1 amide bonds. The molecule has 0 saturated heterocycles. The topological polar surface area (TPSA) is 42.0 Å². The number of pyridine rings is 1. The maximum absolute atomic E-state index is 13.2. The number of anilines is 1. The predicted molar refractivity (Wildman–Crippen MR) is 94.3 cm³/mol. The van der Waals surface area contributed by atoms with Crippen LogP contribution < -0.4 is 5.32 Å². The fraction of sp³-hybridized carbons (Fsp3) is 0.111. The Morgan fingerprint density at radius 2 is 1.91 bits per heavy atom. The van der Waals surface area contributed by atoms with E-state index in [0.29, 0.717) is 12.2 Å². The maximum atomic E-state index is 13.2. The van der Waals surface area contributed by atoms with Crippen molar-refractivity contribution in [1.82, 2.24) is 4.98 Å². The molecule has 1 heterocycles. The molecule has 3 nitrogen and oxygen atoms in total. The maximum Gasteiger partial charge on any atom is 0.212 e. The van der Waals surface area contributed by atoms with Crippen LogP contribution in [-0.4, -0.2) is 16.7 Å². The third kappa shape index (κ3) is 3.40. The fourth-order valence-electron chi connectivity index (χ4n) is 2.54. The largest absolute Gasteiger partial charge is 0.313 e. The summed E-state index contributed by atoms with van der Waals surface area (Å²) in [5.41, 5.74) is 3.75. The number of fused-ring (bicyclic) bond motifs is 1. The van der Waals surface area contributed by atoms with Gasteiger partial charge in [-0.1, -0.05) is 40.2 Å². The van der Waals surface area contributed by atoms with Crippen molar-refractivity contribution in [3.05, 3.63) is 59.9 Å². The van der Waals surface area contributed by atoms with Gasteiger partial charge in [0.2, 0.25) is 6.41 Å². The number of alkyl halides is 1. The van der Waals surface area contributed by atoms with Crippen molar-refractivity contribution in [2.24, 2.45) is 0 Å². The summed E-state index contributed by atoms with van der Waals surface area (Å²) >= 11 is 3.43. The molecule has 116 valence electrons. The van der Waals surface area contributed by atoms with Gasteiger partial charge in [0.05, 0.1) is 5.52 Å². The monoisotopic (exact) mass is 372 g/mol. The van der Waals surface area contributed by atoms with Crippen LogP contribution in [0.4, 0.5) is 10.2 Å². The van der Waals surface area contributed by atoms with Crippen molar-refractivity contribution in [2.75, 3.05) is 10.6 Å². The Bertz CT molecular complexity index is 850. The number of nitrogens with zero attached hydrogens (tertiary/aromatic N) is 1. The van der Waals surface area contributed by atoms with Gasteiger partial charge < -0.3 is 5.32 Å². The van der Waals surface area contributed by atoms with E-state index in [2.05, 4.69) is 32.3 Å². The van der Waals surface area contributed by atoms with Crippen LogP contribution in [0.1, 0.15) is 5.56 Å². The minimum Gasteiger partial charge on any atom is -0.313 e. The lowest BCUT2D eigenvalue weighted by Crippen LogP contribution is -1.99. The summed E-state index contributed by atoms with van der Waals surface area (Å²) in [6.45, 7) is 0. The molecule has 5 heteroatoms. The number of aromatic nitrogens is 1. The van der Waals surface area contributed by atoms with Gasteiger partial charge in [-0.15, -0.1) is 0 Å². The number of hydrogen-bond acceptors (Lipinski definition) is 2. The number of benzene rings is 2. The Kier molecular flexibility index (Phi) is 4.67. The number of nitrogens with one attached hydrogen (secondary N) is 1. The van der Waals surface area contributed by atoms with E-state index in [1.165, 1.54) is 12.1 Å². The van der Waals surface area contributed by atoms with Gasteiger partial charge in [-0.2, -0.15) is 0 Å². The number of hydrogen-bond donors (Lipinski definition) is 1. The van der Waals surface area contributed by atoms with Gasteiger partial charge in [-0.25, -0.2) is 9.37 Å². The highest BCUT2D eigenvalue weighted by molar-refractivity contribution is 9.09. The van der Waals surface area contributed by atoms with E-state index in [1.54, 1.807) is 18.2 Å². The second-order valence-electron chi connectivity index (χ2n) is 5.11. The first-order chi connectivity index (χ1) is 11.2. The lowest BCUT2D eigenvalue weighted by Gasteiger charge is -2.11. The molecule has 0 aliphatic heterocycles. The molecule has 0 aliphatic rings. The van der Waals surface area contributed by atoms with E-state index < -0.39 is 0 Å². The molecule has 0 atom stereocenters. The van der Waals surface area contributed by atoms with Gasteiger partial charge in [0.25, 0.3) is 0 Å². The molecule has 3 rings (SSSR count). The van der Waals surface area contributed by atoms with E-state index in [0.717, 1.165) is 39.3 Å². The molecular formula is C18H14BrFN2O. The molecule has 1 N–H and O–H groups in total. The molecular weight excluding hydrogens is 359 g/mol. The normalized spacial score (nSPS) is 10.7. The van der Waals surface area contributed by atoms with Crippen molar-refractivity contribution < 1.29 is 9.18 Å². The van der Waals surface area contributed by atoms with E-state index in [4.69, 9.17) is 0 Å². The molecule has 3 aromatic rings. The second-order valence-corrected chi connectivity index (χ2v) is 5.91. The number of aryl methyl sites for hydroxylation is 1. The molecule has 0 bridgehead atoms. The second kappa shape index (κ2) is 6.87. The Morgan fingerprint density at radius 1 is 1.13 bits per heavy atom. The smallest absolute Gasteiger partial charge is 0.212 e. The first-order valence-electron chi connectivity index (χ1n) is 7.17. The standard InChI is InChI=1S/C18H14BrFN2O/c19-8-7-12-1-6-15-16(13-2-4-14(20)5-3-13)10-18(21-11-23)22-17(15)9-12/h1-6,9-11H,7-8H2,(H,21,22,23). The number of carbonyl (C=O) groups is 1. The molecule has 0 saturated carbocycles. The number of amides is 1. The zero-order chi connectivity index (χ0) is 16.2. The average Bonchev–Trinajstić information content (AvgIpc) is 2.55. The Labute approximate surface area is 141 Å². The quantitative estimate of drug-likeness (QED) is 0.527. The predicted octanol–water partition coefficient (Wildman–Crippen LogP) is 4.55. The SMILES string of the molecule is O=CNc1cc(-c2ccc(F)cc2)c2ccc(CCBr)cc2n1. The van der Waals surface area contributed by atoms with Gasteiger partial charge in [0, 0.05) is 10.7 Å². The van der Waals surface area contributed by atoms with Crippen LogP contribution in [0.5, 0.6) is 0 Å². The molecule has 0 aliphatic carbocycles. The van der Waals surface area contributed by atoms with E-state index >= 15 is 0 Å². The minimum atomic E-state index is -0.280. The highest BCUT2D eigenvalue weighted by atomic mass is 79.9. The van der Waals surface area contributed by atoms with Crippen LogP contribution in [0, 0.1) is 5.82 Å². The summed E-state index contributed by atoms with van der Waals surface area (Å²) in [5.74, 6) is 0.195. The van der Waals surface area contributed by atoms with Crippen molar-refractivity contribution in [3.8, 4) is 11.1 Å². The molecule has 23 heavy (non-hydrogen) atoms. The summed E-state index contributed by atoms with van der Waals surface area (Å²) in [6, 6.07) is 14.2. The third-order valence-electron chi connectivity index (χ3n) is 3.62. The van der Waals surface area contributed by atoms with Crippen LogP contribution in [0.15, 0.2) is 48.5 Å². The van der Waals surface area contributed by atoms with Crippen LogP contribution in [0.3, 0.4) is 0 Å². The molecule has 2 aromatic carbocycles. The zero-order valence-corrected chi connectivity index (χ0v) is 13.8. The third-order valence-corrected chi connectivity index (χ3v) is 4.02. The van der Waals surface area contributed by atoms with Crippen LogP contribution in [0.25, 0.3) is 22.0 Å². The lowest BCUT2D eigenvalue weighted by molar-refractivity contribution is -0.105. The first kappa shape index (κ1) is 15.6. The summed E-state index contributed by atoms with van der Waals surface area (Å²) < 4.78 is 13.2. The number of halogens is 2. The molecule has 0 radical (unpaired) electrons. The summed E-state index contributed by atoms with van der Waals surface area (Å²) in [4.78, 5) is 15.2.